The summed E-state index contributed by atoms with van der Waals surface area (Å²) in [6, 6.07) is 18.6. The summed E-state index contributed by atoms with van der Waals surface area (Å²) in [5.41, 5.74) is 0.526. The molecule has 4 nitrogen and oxygen atoms in total. The van der Waals surface area contributed by atoms with E-state index in [1.807, 2.05) is 0 Å². The van der Waals surface area contributed by atoms with Gasteiger partial charge in [-0.15, -0.1) is 0 Å². The van der Waals surface area contributed by atoms with Gasteiger partial charge in [0.05, 0.1) is 12.0 Å². The largest absolute Gasteiger partial charge is 0.490 e. The number of hydrogen-bond acceptors (Lipinski definition) is 3. The first-order chi connectivity index (χ1) is 14.8. The number of halogens is 3. The molecule has 0 amide bonds. The van der Waals surface area contributed by atoms with E-state index in [1.54, 1.807) is 60.7 Å². The van der Waals surface area contributed by atoms with Crippen molar-refractivity contribution >= 4 is 12.0 Å². The molecule has 0 aromatic heterocycles. The van der Waals surface area contributed by atoms with Crippen LogP contribution >= 0.6 is 0 Å². The summed E-state index contributed by atoms with van der Waals surface area (Å²) in [4.78, 5) is 11.0. The first kappa shape index (κ1) is 22.0. The van der Waals surface area contributed by atoms with Gasteiger partial charge in [0.2, 0.25) is 0 Å². The number of ether oxygens (including phenoxy) is 2. The summed E-state index contributed by atoms with van der Waals surface area (Å²) in [7, 11) is 0. The van der Waals surface area contributed by atoms with Gasteiger partial charge in [-0.2, -0.15) is 13.2 Å². The lowest BCUT2D eigenvalue weighted by Crippen LogP contribution is -2.03. The van der Waals surface area contributed by atoms with E-state index >= 15 is 0 Å². The Morgan fingerprint density at radius 1 is 0.903 bits per heavy atom. The van der Waals surface area contributed by atoms with E-state index in [4.69, 9.17) is 14.6 Å². The van der Waals surface area contributed by atoms with Gasteiger partial charge in [-0.3, -0.25) is 4.79 Å². The van der Waals surface area contributed by atoms with Crippen molar-refractivity contribution < 1.29 is 32.5 Å². The van der Waals surface area contributed by atoms with Crippen molar-refractivity contribution in [2.45, 2.75) is 12.6 Å². The minimum Gasteiger partial charge on any atom is -0.490 e. The second-order valence-electron chi connectivity index (χ2n) is 6.58. The molecule has 0 atom stereocenters. The normalized spacial score (nSPS) is 11.5. The number of rotatable bonds is 8. The third-order valence-electron chi connectivity index (χ3n) is 4.26. The van der Waals surface area contributed by atoms with Crippen molar-refractivity contribution in [3.63, 3.8) is 0 Å². The van der Waals surface area contributed by atoms with E-state index in [2.05, 4.69) is 0 Å². The summed E-state index contributed by atoms with van der Waals surface area (Å²) in [5, 5.41) is 8.99. The molecule has 0 bridgehead atoms. The van der Waals surface area contributed by atoms with E-state index in [0.29, 0.717) is 28.4 Å². The molecule has 0 spiro atoms. The molecule has 0 aliphatic carbocycles. The van der Waals surface area contributed by atoms with Gasteiger partial charge in [-0.05, 0) is 54.1 Å². The molecule has 7 heteroatoms. The smallest absolute Gasteiger partial charge is 0.416 e. The van der Waals surface area contributed by atoms with Gasteiger partial charge in [0.15, 0.2) is 0 Å². The van der Waals surface area contributed by atoms with E-state index in [0.717, 1.165) is 12.1 Å². The van der Waals surface area contributed by atoms with Crippen LogP contribution in [0.25, 0.3) is 6.08 Å². The number of carboxylic acids is 1. The molecule has 0 fully saturated rings. The molecule has 3 aromatic carbocycles. The van der Waals surface area contributed by atoms with Crippen LogP contribution in [-0.4, -0.2) is 17.7 Å². The quantitative estimate of drug-likeness (QED) is 0.463. The number of carboxylic acid groups (broad SMARTS) is 1. The summed E-state index contributed by atoms with van der Waals surface area (Å²) >= 11 is 0. The maximum Gasteiger partial charge on any atom is 0.416 e. The summed E-state index contributed by atoms with van der Waals surface area (Å²) in [6.45, 7) is 0.239. The minimum absolute atomic E-state index is 0.136. The first-order valence-corrected chi connectivity index (χ1v) is 9.35. The average molecular weight is 428 g/mol. The highest BCUT2D eigenvalue weighted by atomic mass is 19.4. The van der Waals surface area contributed by atoms with Gasteiger partial charge in [-0.25, -0.2) is 0 Å². The third-order valence-corrected chi connectivity index (χ3v) is 4.26. The molecule has 0 aliphatic rings. The zero-order valence-electron chi connectivity index (χ0n) is 16.3. The van der Waals surface area contributed by atoms with Gasteiger partial charge in [0, 0.05) is 5.56 Å². The monoisotopic (exact) mass is 428 g/mol. The lowest BCUT2D eigenvalue weighted by atomic mass is 10.1. The Kier molecular flexibility index (Phi) is 6.97. The molecule has 31 heavy (non-hydrogen) atoms. The first-order valence-electron chi connectivity index (χ1n) is 9.35. The predicted octanol–water partition coefficient (Wildman–Crippen LogP) is 6.22. The maximum atomic E-state index is 12.6. The Hall–Kier alpha value is -3.74. The predicted molar refractivity (Wildman–Crippen MR) is 110 cm³/mol. The summed E-state index contributed by atoms with van der Waals surface area (Å²) in [5.74, 6) is 0.649. The highest BCUT2D eigenvalue weighted by Gasteiger charge is 2.29. The Morgan fingerprint density at radius 3 is 2.19 bits per heavy atom. The van der Waals surface area contributed by atoms with Crippen LogP contribution < -0.4 is 9.47 Å². The van der Waals surface area contributed by atoms with Gasteiger partial charge in [-0.1, -0.05) is 36.4 Å². The second kappa shape index (κ2) is 9.84. The number of hydrogen-bond donors (Lipinski definition) is 1. The Labute approximate surface area is 177 Å². The van der Waals surface area contributed by atoms with E-state index in [9.17, 15) is 18.0 Å². The second-order valence-corrected chi connectivity index (χ2v) is 6.58. The van der Waals surface area contributed by atoms with Crippen molar-refractivity contribution in [3.05, 3.63) is 95.6 Å². The number of carbonyl (C=O) groups is 1. The fourth-order valence-corrected chi connectivity index (χ4v) is 2.75. The summed E-state index contributed by atoms with van der Waals surface area (Å²) < 4.78 is 49.0. The van der Waals surface area contributed by atoms with Crippen molar-refractivity contribution in [1.29, 1.82) is 0 Å². The molecule has 160 valence electrons. The maximum absolute atomic E-state index is 12.6. The molecule has 3 rings (SSSR count). The van der Waals surface area contributed by atoms with Gasteiger partial charge >= 0.3 is 12.1 Å². The fraction of sp³-hybridized carbons (Fsp3) is 0.125. The number of aliphatic carboxylic acids is 1. The Balaban J connectivity index is 1.53. The van der Waals surface area contributed by atoms with E-state index in [-0.39, 0.29) is 13.0 Å². The van der Waals surface area contributed by atoms with Crippen LogP contribution in [0.2, 0.25) is 0 Å². The SMILES string of the molecule is O=C(O)Cc1ccccc1Oc1ccc(OC/C=C/c2ccc(C(F)(F)F)cc2)cc1. The van der Waals surface area contributed by atoms with Crippen LogP contribution in [-0.2, 0) is 17.4 Å². The number of para-hydroxylation sites is 1. The van der Waals surface area contributed by atoms with Gasteiger partial charge < -0.3 is 14.6 Å². The fourth-order valence-electron chi connectivity index (χ4n) is 2.75. The van der Waals surface area contributed by atoms with Crippen LogP contribution in [0.1, 0.15) is 16.7 Å². The molecule has 0 unspecified atom stereocenters. The van der Waals surface area contributed by atoms with Gasteiger partial charge in [0.1, 0.15) is 23.9 Å². The van der Waals surface area contributed by atoms with Crippen LogP contribution in [0.15, 0.2) is 78.9 Å². The molecule has 1 N–H and O–H groups in total. The minimum atomic E-state index is -4.35. The van der Waals surface area contributed by atoms with Crippen molar-refractivity contribution in [1.82, 2.24) is 0 Å². The average Bonchev–Trinajstić information content (AvgIpc) is 2.73. The molecular formula is C24H19F3O4. The Bertz CT molecular complexity index is 1040. The van der Waals surface area contributed by atoms with Crippen molar-refractivity contribution in [3.8, 4) is 17.2 Å². The molecular weight excluding hydrogens is 409 g/mol. The van der Waals surface area contributed by atoms with E-state index in [1.165, 1.54) is 12.1 Å². The zero-order chi connectivity index (χ0) is 22.3. The zero-order valence-corrected chi connectivity index (χ0v) is 16.3. The van der Waals surface area contributed by atoms with Crippen LogP contribution in [0, 0.1) is 0 Å². The summed E-state index contributed by atoms with van der Waals surface area (Å²) in [6.07, 6.45) is -1.10. The van der Waals surface area contributed by atoms with E-state index < -0.39 is 17.7 Å². The van der Waals surface area contributed by atoms with Crippen molar-refractivity contribution in [2.24, 2.45) is 0 Å². The lowest BCUT2D eigenvalue weighted by molar-refractivity contribution is -0.138. The molecule has 0 aliphatic heterocycles. The third kappa shape index (κ3) is 6.64. The molecule has 3 aromatic rings. The molecule has 0 saturated heterocycles. The van der Waals surface area contributed by atoms with Crippen molar-refractivity contribution in [2.75, 3.05) is 6.61 Å². The topological polar surface area (TPSA) is 55.8 Å². The molecule has 0 radical (unpaired) electrons. The lowest BCUT2D eigenvalue weighted by Gasteiger charge is -2.10. The van der Waals surface area contributed by atoms with Crippen LogP contribution in [0.3, 0.4) is 0 Å². The van der Waals surface area contributed by atoms with Crippen LogP contribution in [0.5, 0.6) is 17.2 Å². The molecule has 0 heterocycles. The standard InChI is InChI=1S/C24H19F3O4/c25-24(26,27)19-9-7-17(8-10-19)4-3-15-30-20-11-13-21(14-12-20)31-22-6-2-1-5-18(22)16-23(28)29/h1-14H,15-16H2,(H,28,29)/b4-3+. The highest BCUT2D eigenvalue weighted by Crippen LogP contribution is 2.29. The Morgan fingerprint density at radius 2 is 1.55 bits per heavy atom. The molecule has 0 saturated carbocycles. The van der Waals surface area contributed by atoms with Gasteiger partial charge in [0.25, 0.3) is 0 Å². The number of alkyl halides is 3. The number of benzene rings is 3. The van der Waals surface area contributed by atoms with Crippen LogP contribution in [0.4, 0.5) is 13.2 Å². The highest BCUT2D eigenvalue weighted by molar-refractivity contribution is 5.71.